The van der Waals surface area contributed by atoms with E-state index in [1.807, 2.05) is 30.3 Å². The smallest absolute Gasteiger partial charge is 0.417 e. The fraction of sp³-hybridized carbons (Fsp3) is 0.0952. The van der Waals surface area contributed by atoms with Gasteiger partial charge >= 0.3 is 6.18 Å². The molecule has 3 rings (SSSR count). The van der Waals surface area contributed by atoms with Gasteiger partial charge in [-0.25, -0.2) is 0 Å². The van der Waals surface area contributed by atoms with Crippen molar-refractivity contribution in [3.05, 3.63) is 89.5 Å². The molecule has 3 aromatic carbocycles. The molecule has 0 heterocycles. The van der Waals surface area contributed by atoms with Crippen LogP contribution in [0, 0.1) is 0 Å². The van der Waals surface area contributed by atoms with Crippen LogP contribution < -0.4 is 4.74 Å². The molecule has 0 aliphatic heterocycles. The van der Waals surface area contributed by atoms with E-state index in [9.17, 15) is 18.0 Å². The Kier molecular flexibility index (Phi) is 5.07. The van der Waals surface area contributed by atoms with Gasteiger partial charge in [0.15, 0.2) is 0 Å². The molecule has 3 aromatic rings. The van der Waals surface area contributed by atoms with E-state index < -0.39 is 11.7 Å². The molecule has 0 saturated carbocycles. The maximum Gasteiger partial charge on any atom is 0.417 e. The Labute approximate surface area is 148 Å². The quantitative estimate of drug-likeness (QED) is 0.543. The summed E-state index contributed by atoms with van der Waals surface area (Å²) < 4.78 is 45.5. The lowest BCUT2D eigenvalue weighted by Gasteiger charge is -2.14. The lowest BCUT2D eigenvalue weighted by molar-refractivity contribution is -0.137. The molecule has 0 radical (unpaired) electrons. The van der Waals surface area contributed by atoms with Crippen LogP contribution in [0.25, 0.3) is 11.1 Å². The first-order chi connectivity index (χ1) is 12.5. The highest BCUT2D eigenvalue weighted by Gasteiger charge is 2.33. The summed E-state index contributed by atoms with van der Waals surface area (Å²) >= 11 is 0. The van der Waals surface area contributed by atoms with Gasteiger partial charge in [-0.1, -0.05) is 54.6 Å². The molecule has 0 amide bonds. The first-order valence-electron chi connectivity index (χ1n) is 7.91. The molecule has 26 heavy (non-hydrogen) atoms. The third-order valence-electron chi connectivity index (χ3n) is 3.90. The van der Waals surface area contributed by atoms with Crippen LogP contribution in [-0.2, 0) is 12.8 Å². The van der Waals surface area contributed by atoms with E-state index in [4.69, 9.17) is 4.74 Å². The largest absolute Gasteiger partial charge is 0.489 e. The van der Waals surface area contributed by atoms with Crippen LogP contribution in [0.1, 0.15) is 21.5 Å². The molecule has 0 aromatic heterocycles. The molecule has 0 spiro atoms. The summed E-state index contributed by atoms with van der Waals surface area (Å²) in [5.74, 6) is 0.565. The number of carbonyl (C=O) groups is 1. The topological polar surface area (TPSA) is 26.3 Å². The Morgan fingerprint density at radius 2 is 1.58 bits per heavy atom. The van der Waals surface area contributed by atoms with E-state index in [2.05, 4.69) is 0 Å². The summed E-state index contributed by atoms with van der Waals surface area (Å²) in [7, 11) is 0. The minimum Gasteiger partial charge on any atom is -0.489 e. The van der Waals surface area contributed by atoms with Crippen molar-refractivity contribution >= 4 is 6.29 Å². The maximum absolute atomic E-state index is 13.3. The van der Waals surface area contributed by atoms with Gasteiger partial charge in [-0.3, -0.25) is 4.79 Å². The van der Waals surface area contributed by atoms with Crippen LogP contribution in [0.3, 0.4) is 0 Å². The molecule has 132 valence electrons. The highest BCUT2D eigenvalue weighted by Crippen LogP contribution is 2.38. The van der Waals surface area contributed by atoms with Crippen LogP contribution in [0.4, 0.5) is 13.2 Å². The van der Waals surface area contributed by atoms with Gasteiger partial charge in [0.05, 0.1) is 5.56 Å². The van der Waals surface area contributed by atoms with Crippen molar-refractivity contribution in [3.63, 3.8) is 0 Å². The number of hydrogen-bond acceptors (Lipinski definition) is 2. The molecular formula is C21H15F3O2. The Balaban J connectivity index is 1.83. The molecule has 0 aliphatic carbocycles. The minimum atomic E-state index is -4.54. The van der Waals surface area contributed by atoms with E-state index in [-0.39, 0.29) is 11.1 Å². The Bertz CT molecular complexity index is 885. The first-order valence-corrected chi connectivity index (χ1v) is 7.91. The summed E-state index contributed by atoms with van der Waals surface area (Å²) in [5, 5.41) is 0. The molecule has 2 nitrogen and oxygen atoms in total. The molecular weight excluding hydrogens is 341 g/mol. The van der Waals surface area contributed by atoms with E-state index in [1.54, 1.807) is 24.3 Å². The molecule has 0 saturated heterocycles. The second kappa shape index (κ2) is 7.44. The highest BCUT2D eigenvalue weighted by atomic mass is 19.4. The van der Waals surface area contributed by atoms with Crippen molar-refractivity contribution in [1.82, 2.24) is 0 Å². The van der Waals surface area contributed by atoms with Crippen LogP contribution in [-0.4, -0.2) is 6.29 Å². The first kappa shape index (κ1) is 17.7. The van der Waals surface area contributed by atoms with Crippen molar-refractivity contribution in [3.8, 4) is 16.9 Å². The third-order valence-corrected chi connectivity index (χ3v) is 3.90. The number of halogens is 3. The van der Waals surface area contributed by atoms with Gasteiger partial charge in [0.25, 0.3) is 0 Å². The summed E-state index contributed by atoms with van der Waals surface area (Å²) in [6.45, 7) is 0.377. The van der Waals surface area contributed by atoms with Crippen molar-refractivity contribution in [2.45, 2.75) is 12.8 Å². The molecule has 0 N–H and O–H groups in total. The van der Waals surface area contributed by atoms with Gasteiger partial charge in [-0.05, 0) is 34.9 Å². The van der Waals surface area contributed by atoms with Gasteiger partial charge in [0.2, 0.25) is 0 Å². The normalized spacial score (nSPS) is 11.2. The summed E-state index contributed by atoms with van der Waals surface area (Å²) in [4.78, 5) is 10.8. The van der Waals surface area contributed by atoms with Crippen molar-refractivity contribution in [2.24, 2.45) is 0 Å². The molecule has 5 heteroatoms. The zero-order valence-corrected chi connectivity index (χ0v) is 13.7. The zero-order valence-electron chi connectivity index (χ0n) is 13.7. The Morgan fingerprint density at radius 1 is 0.885 bits per heavy atom. The standard InChI is InChI=1S/C21H15F3O2/c22-21(23,24)20-12-16(13-25)6-11-19(20)17-7-9-18(10-8-17)26-14-15-4-2-1-3-5-15/h1-13H,14H2. The highest BCUT2D eigenvalue weighted by molar-refractivity contribution is 5.79. The van der Waals surface area contributed by atoms with E-state index in [0.29, 0.717) is 24.2 Å². The van der Waals surface area contributed by atoms with Gasteiger partial charge in [0, 0.05) is 5.56 Å². The average molecular weight is 356 g/mol. The molecule has 0 fully saturated rings. The molecule has 0 aliphatic rings. The number of carbonyl (C=O) groups excluding carboxylic acids is 1. The van der Waals surface area contributed by atoms with Crippen LogP contribution in [0.2, 0.25) is 0 Å². The van der Waals surface area contributed by atoms with Crippen molar-refractivity contribution in [1.29, 1.82) is 0 Å². The van der Waals surface area contributed by atoms with E-state index in [0.717, 1.165) is 11.6 Å². The number of benzene rings is 3. The number of aldehydes is 1. The number of rotatable bonds is 5. The lowest BCUT2D eigenvalue weighted by atomic mass is 9.97. The van der Waals surface area contributed by atoms with E-state index >= 15 is 0 Å². The van der Waals surface area contributed by atoms with E-state index in [1.165, 1.54) is 12.1 Å². The summed E-state index contributed by atoms with van der Waals surface area (Å²) in [6.07, 6.45) is -4.14. The van der Waals surface area contributed by atoms with Crippen molar-refractivity contribution in [2.75, 3.05) is 0 Å². The molecule has 0 atom stereocenters. The number of hydrogen-bond donors (Lipinski definition) is 0. The predicted octanol–water partition coefficient (Wildman–Crippen LogP) is 5.76. The minimum absolute atomic E-state index is 0.0103. The molecule has 0 unspecified atom stereocenters. The fourth-order valence-corrected chi connectivity index (χ4v) is 2.59. The Hall–Kier alpha value is -3.08. The Morgan fingerprint density at radius 3 is 2.19 bits per heavy atom. The predicted molar refractivity (Wildman–Crippen MR) is 93.0 cm³/mol. The summed E-state index contributed by atoms with van der Waals surface area (Å²) in [5.41, 5.74) is 0.587. The van der Waals surface area contributed by atoms with Crippen LogP contribution in [0.5, 0.6) is 5.75 Å². The average Bonchev–Trinajstić information content (AvgIpc) is 2.66. The monoisotopic (exact) mass is 356 g/mol. The second-order valence-corrected chi connectivity index (χ2v) is 5.72. The SMILES string of the molecule is O=Cc1ccc(-c2ccc(OCc3ccccc3)cc2)c(C(F)(F)F)c1. The van der Waals surface area contributed by atoms with Crippen molar-refractivity contribution < 1.29 is 22.7 Å². The fourth-order valence-electron chi connectivity index (χ4n) is 2.59. The number of alkyl halides is 3. The lowest BCUT2D eigenvalue weighted by Crippen LogP contribution is -2.08. The molecule has 0 bridgehead atoms. The van der Waals surface area contributed by atoms with Gasteiger partial charge < -0.3 is 4.74 Å². The maximum atomic E-state index is 13.3. The van der Waals surface area contributed by atoms with Gasteiger partial charge in [-0.15, -0.1) is 0 Å². The van der Waals surface area contributed by atoms with Crippen LogP contribution in [0.15, 0.2) is 72.8 Å². The van der Waals surface area contributed by atoms with Gasteiger partial charge in [-0.2, -0.15) is 13.2 Å². The zero-order chi connectivity index (χ0) is 18.6. The third kappa shape index (κ3) is 4.11. The summed E-state index contributed by atoms with van der Waals surface area (Å²) in [6, 6.07) is 19.5. The van der Waals surface area contributed by atoms with Gasteiger partial charge in [0.1, 0.15) is 18.6 Å². The second-order valence-electron chi connectivity index (χ2n) is 5.72. The van der Waals surface area contributed by atoms with Crippen LogP contribution >= 0.6 is 0 Å². The number of ether oxygens (including phenoxy) is 1.